The van der Waals surface area contributed by atoms with Gasteiger partial charge in [0.2, 0.25) is 5.82 Å². The van der Waals surface area contributed by atoms with Gasteiger partial charge in [0.1, 0.15) is 11.5 Å². The summed E-state index contributed by atoms with van der Waals surface area (Å²) in [6.45, 7) is 8.06. The van der Waals surface area contributed by atoms with Crippen LogP contribution in [-0.2, 0) is 16.3 Å². The molecule has 0 bridgehead atoms. The minimum atomic E-state index is -4.62. The van der Waals surface area contributed by atoms with Crippen molar-refractivity contribution in [2.45, 2.75) is 39.3 Å². The van der Waals surface area contributed by atoms with E-state index in [0.29, 0.717) is 11.1 Å². The van der Waals surface area contributed by atoms with Gasteiger partial charge in [-0.3, -0.25) is 4.98 Å². The molecule has 0 amide bonds. The van der Waals surface area contributed by atoms with Gasteiger partial charge in [-0.25, -0.2) is 19.7 Å². The molecule has 0 spiro atoms. The molecule has 186 valence electrons. The molecule has 4 rings (SSSR count). The maximum Gasteiger partial charge on any atom is 0.418 e. The number of pyridine rings is 2. The summed E-state index contributed by atoms with van der Waals surface area (Å²) in [5.74, 6) is -0.769. The standard InChI is InChI=1S/C26H24F3N5O2/c1-5-36-24(35)23-33-21(31-16-10-8-15(9-11-16)25(2,3)4)17-12-13-19(32-22(17)34-23)20-18(26(27,28)29)7-6-14-30-20/h6-14H,5H2,1-4H3,(H,31,32,33,34). The minimum Gasteiger partial charge on any atom is -0.460 e. The molecule has 7 nitrogen and oxygen atoms in total. The Balaban J connectivity index is 1.83. The Morgan fingerprint density at radius 1 is 0.972 bits per heavy atom. The SMILES string of the molecule is CCOC(=O)c1nc(Nc2ccc(C(C)(C)C)cc2)c2ccc(-c3ncccc3C(F)(F)F)nc2n1. The number of carbonyl (C=O) groups is 1. The lowest BCUT2D eigenvalue weighted by Gasteiger charge is -2.19. The third-order valence-corrected chi connectivity index (χ3v) is 5.39. The van der Waals surface area contributed by atoms with Crippen LogP contribution in [0.2, 0.25) is 0 Å². The van der Waals surface area contributed by atoms with Crippen molar-refractivity contribution >= 4 is 28.5 Å². The molecular formula is C26H24F3N5O2. The van der Waals surface area contributed by atoms with Gasteiger partial charge >= 0.3 is 12.1 Å². The third-order valence-electron chi connectivity index (χ3n) is 5.39. The molecule has 0 fully saturated rings. The number of halogens is 3. The van der Waals surface area contributed by atoms with Crippen LogP contribution in [0.3, 0.4) is 0 Å². The second-order valence-corrected chi connectivity index (χ2v) is 9.03. The Labute approximate surface area is 205 Å². The quantitative estimate of drug-likeness (QED) is 0.324. The number of rotatable bonds is 5. The van der Waals surface area contributed by atoms with Crippen molar-refractivity contribution in [3.8, 4) is 11.4 Å². The maximum atomic E-state index is 13.5. The van der Waals surface area contributed by atoms with Crippen LogP contribution in [0.25, 0.3) is 22.4 Å². The summed E-state index contributed by atoms with van der Waals surface area (Å²) in [6, 6.07) is 12.8. The highest BCUT2D eigenvalue weighted by atomic mass is 19.4. The van der Waals surface area contributed by atoms with Gasteiger partial charge in [0.15, 0.2) is 5.65 Å². The van der Waals surface area contributed by atoms with Gasteiger partial charge in [-0.1, -0.05) is 32.9 Å². The number of aromatic nitrogens is 4. The van der Waals surface area contributed by atoms with Crippen molar-refractivity contribution in [3.05, 3.63) is 71.7 Å². The first-order valence-electron chi connectivity index (χ1n) is 11.2. The Morgan fingerprint density at radius 2 is 1.69 bits per heavy atom. The molecule has 0 aliphatic heterocycles. The highest BCUT2D eigenvalue weighted by molar-refractivity contribution is 5.94. The number of nitrogens with one attached hydrogen (secondary N) is 1. The highest BCUT2D eigenvalue weighted by Crippen LogP contribution is 2.36. The second kappa shape index (κ2) is 9.52. The van der Waals surface area contributed by atoms with Gasteiger partial charge in [0.05, 0.1) is 23.3 Å². The number of alkyl halides is 3. The van der Waals surface area contributed by atoms with Crippen molar-refractivity contribution in [1.29, 1.82) is 0 Å². The van der Waals surface area contributed by atoms with Gasteiger partial charge in [0, 0.05) is 11.9 Å². The van der Waals surface area contributed by atoms with Crippen molar-refractivity contribution in [2.24, 2.45) is 0 Å². The van der Waals surface area contributed by atoms with Crippen LogP contribution in [-0.4, -0.2) is 32.5 Å². The predicted molar refractivity (Wildman–Crippen MR) is 130 cm³/mol. The van der Waals surface area contributed by atoms with Crippen LogP contribution < -0.4 is 5.32 Å². The molecule has 0 atom stereocenters. The smallest absolute Gasteiger partial charge is 0.418 e. The summed E-state index contributed by atoms with van der Waals surface area (Å²) >= 11 is 0. The number of ether oxygens (including phenoxy) is 1. The van der Waals surface area contributed by atoms with E-state index >= 15 is 0 Å². The first-order chi connectivity index (χ1) is 17.0. The zero-order chi connectivity index (χ0) is 26.1. The number of carbonyl (C=O) groups excluding carboxylic acids is 1. The molecule has 0 saturated carbocycles. The minimum absolute atomic E-state index is 0.0261. The number of fused-ring (bicyclic) bond motifs is 1. The Hall–Kier alpha value is -4.08. The molecule has 0 saturated heterocycles. The fraction of sp³-hybridized carbons (Fsp3) is 0.269. The third kappa shape index (κ3) is 5.27. The van der Waals surface area contributed by atoms with Crippen LogP contribution in [0.1, 0.15) is 49.4 Å². The van der Waals surface area contributed by atoms with Crippen LogP contribution in [0, 0.1) is 0 Å². The van der Waals surface area contributed by atoms with E-state index in [4.69, 9.17) is 4.74 Å². The Kier molecular flexibility index (Phi) is 6.62. The molecule has 1 aromatic carbocycles. The van der Waals surface area contributed by atoms with E-state index in [2.05, 4.69) is 46.0 Å². The van der Waals surface area contributed by atoms with Crippen LogP contribution in [0.15, 0.2) is 54.7 Å². The Morgan fingerprint density at radius 3 is 2.33 bits per heavy atom. The summed E-state index contributed by atoms with van der Waals surface area (Å²) in [5, 5.41) is 3.58. The number of nitrogens with zero attached hydrogens (tertiary/aromatic N) is 4. The lowest BCUT2D eigenvalue weighted by Crippen LogP contribution is -2.13. The van der Waals surface area contributed by atoms with Crippen molar-refractivity contribution < 1.29 is 22.7 Å². The number of hydrogen-bond donors (Lipinski definition) is 1. The topological polar surface area (TPSA) is 89.9 Å². The van der Waals surface area contributed by atoms with E-state index in [9.17, 15) is 18.0 Å². The molecule has 0 aliphatic rings. The van der Waals surface area contributed by atoms with Crippen LogP contribution >= 0.6 is 0 Å². The second-order valence-electron chi connectivity index (χ2n) is 9.03. The van der Waals surface area contributed by atoms with E-state index < -0.39 is 17.7 Å². The summed E-state index contributed by atoms with van der Waals surface area (Å²) in [5.41, 5.74) is 0.533. The molecule has 0 unspecified atom stereocenters. The number of benzene rings is 1. The fourth-order valence-electron chi connectivity index (χ4n) is 3.55. The molecule has 3 aromatic heterocycles. The number of hydrogen-bond acceptors (Lipinski definition) is 7. The monoisotopic (exact) mass is 495 g/mol. The molecule has 0 radical (unpaired) electrons. The summed E-state index contributed by atoms with van der Waals surface area (Å²) in [7, 11) is 0. The first kappa shape index (κ1) is 25.0. The largest absolute Gasteiger partial charge is 0.460 e. The highest BCUT2D eigenvalue weighted by Gasteiger charge is 2.34. The molecule has 4 aromatic rings. The van der Waals surface area contributed by atoms with Gasteiger partial charge in [-0.15, -0.1) is 0 Å². The first-order valence-corrected chi connectivity index (χ1v) is 11.2. The van der Waals surface area contributed by atoms with E-state index in [1.54, 1.807) is 13.0 Å². The summed E-state index contributed by atoms with van der Waals surface area (Å²) < 4.78 is 45.7. The van der Waals surface area contributed by atoms with Crippen molar-refractivity contribution in [3.63, 3.8) is 0 Å². The summed E-state index contributed by atoms with van der Waals surface area (Å²) in [6.07, 6.45) is -3.36. The average Bonchev–Trinajstić information content (AvgIpc) is 2.83. The van der Waals surface area contributed by atoms with Crippen LogP contribution in [0.4, 0.5) is 24.7 Å². The molecule has 36 heavy (non-hydrogen) atoms. The zero-order valence-electron chi connectivity index (χ0n) is 20.1. The van der Waals surface area contributed by atoms with Crippen LogP contribution in [0.5, 0.6) is 0 Å². The van der Waals surface area contributed by atoms with E-state index in [-0.39, 0.29) is 40.7 Å². The molecule has 3 heterocycles. The number of anilines is 2. The average molecular weight is 496 g/mol. The predicted octanol–water partition coefficient (Wildman–Crippen LogP) is 6.32. The van der Waals surface area contributed by atoms with Crippen molar-refractivity contribution in [1.82, 2.24) is 19.9 Å². The summed E-state index contributed by atoms with van der Waals surface area (Å²) in [4.78, 5) is 29.1. The normalized spacial score (nSPS) is 12.0. The molecule has 1 N–H and O–H groups in total. The fourth-order valence-corrected chi connectivity index (χ4v) is 3.55. The van der Waals surface area contributed by atoms with E-state index in [1.807, 2.05) is 24.3 Å². The number of esters is 1. The molecular weight excluding hydrogens is 471 g/mol. The Bertz CT molecular complexity index is 1410. The van der Waals surface area contributed by atoms with E-state index in [1.165, 1.54) is 18.3 Å². The zero-order valence-corrected chi connectivity index (χ0v) is 20.1. The lowest BCUT2D eigenvalue weighted by molar-refractivity contribution is -0.137. The van der Waals surface area contributed by atoms with Gasteiger partial charge in [-0.05, 0) is 54.3 Å². The van der Waals surface area contributed by atoms with Crippen molar-refractivity contribution in [2.75, 3.05) is 11.9 Å². The molecule has 0 aliphatic carbocycles. The molecule has 10 heteroatoms. The maximum absolute atomic E-state index is 13.5. The lowest BCUT2D eigenvalue weighted by atomic mass is 9.87. The van der Waals surface area contributed by atoms with Gasteiger partial charge < -0.3 is 10.1 Å². The van der Waals surface area contributed by atoms with E-state index in [0.717, 1.165) is 11.6 Å². The van der Waals surface area contributed by atoms with Gasteiger partial charge in [-0.2, -0.15) is 13.2 Å². The van der Waals surface area contributed by atoms with Gasteiger partial charge in [0.25, 0.3) is 0 Å².